The van der Waals surface area contributed by atoms with Crippen LogP contribution in [0.5, 0.6) is 11.5 Å². The Labute approximate surface area is 165 Å². The number of nitrogens with zero attached hydrogens (tertiary/aromatic N) is 1. The molecule has 1 heterocycles. The van der Waals surface area contributed by atoms with Gasteiger partial charge in [-0.25, -0.2) is 0 Å². The minimum atomic E-state index is -0.530. The Morgan fingerprint density at radius 1 is 1.21 bits per heavy atom. The summed E-state index contributed by atoms with van der Waals surface area (Å²) < 4.78 is 5.22. The maximum Gasteiger partial charge on any atom is 0.230 e. The lowest BCUT2D eigenvalue weighted by Crippen LogP contribution is -2.33. The van der Waals surface area contributed by atoms with Crippen LogP contribution < -0.4 is 10.1 Å². The Hall–Kier alpha value is -3.02. The van der Waals surface area contributed by atoms with Gasteiger partial charge in [0, 0.05) is 13.0 Å². The summed E-state index contributed by atoms with van der Waals surface area (Å²) in [6.45, 7) is 2.69. The smallest absolute Gasteiger partial charge is 0.230 e. The number of methoxy groups -OCH3 is 1. The van der Waals surface area contributed by atoms with Crippen LogP contribution >= 0.6 is 0 Å². The Balaban J connectivity index is 1.89. The summed E-state index contributed by atoms with van der Waals surface area (Å²) in [6, 6.07) is 13.7. The normalized spacial score (nSPS) is 18.9. The van der Waals surface area contributed by atoms with Gasteiger partial charge in [0.25, 0.3) is 0 Å². The predicted octanol–water partition coefficient (Wildman–Crippen LogP) is 3.73. The van der Waals surface area contributed by atoms with Gasteiger partial charge in [-0.05, 0) is 36.2 Å². The maximum atomic E-state index is 13.0. The number of benzene rings is 2. The number of rotatable bonds is 7. The molecule has 2 atom stereocenters. The summed E-state index contributed by atoms with van der Waals surface area (Å²) in [5, 5.41) is 12.7. The third kappa shape index (κ3) is 4.11. The minimum Gasteiger partial charge on any atom is -0.506 e. The maximum absolute atomic E-state index is 13.0. The van der Waals surface area contributed by atoms with Crippen LogP contribution in [0.3, 0.4) is 0 Å². The number of carbonyl (C=O) groups excluding carboxylic acids is 2. The van der Waals surface area contributed by atoms with E-state index in [1.165, 1.54) is 6.07 Å². The Morgan fingerprint density at radius 3 is 2.57 bits per heavy atom. The molecular weight excluding hydrogens is 356 g/mol. The van der Waals surface area contributed by atoms with Crippen LogP contribution in [0.25, 0.3) is 0 Å². The molecule has 0 spiro atoms. The van der Waals surface area contributed by atoms with E-state index in [0.29, 0.717) is 12.2 Å². The summed E-state index contributed by atoms with van der Waals surface area (Å²) in [5.41, 5.74) is 1.25. The van der Waals surface area contributed by atoms with Gasteiger partial charge in [0.1, 0.15) is 11.5 Å². The van der Waals surface area contributed by atoms with E-state index in [1.54, 1.807) is 30.2 Å². The monoisotopic (exact) mass is 382 g/mol. The second-order valence-corrected chi connectivity index (χ2v) is 6.98. The SMILES string of the molecule is CCCCN1C(=O)CC(C(=O)Nc2ccccc2O)C1c1ccc(OC)cc1. The quantitative estimate of drug-likeness (QED) is 0.715. The molecule has 1 saturated heterocycles. The second kappa shape index (κ2) is 8.78. The van der Waals surface area contributed by atoms with E-state index in [1.807, 2.05) is 24.3 Å². The van der Waals surface area contributed by atoms with Crippen molar-refractivity contribution in [3.63, 3.8) is 0 Å². The lowest BCUT2D eigenvalue weighted by Gasteiger charge is -2.28. The van der Waals surface area contributed by atoms with Gasteiger partial charge in [0.2, 0.25) is 11.8 Å². The molecule has 1 aliphatic heterocycles. The van der Waals surface area contributed by atoms with Crippen LogP contribution in [-0.2, 0) is 9.59 Å². The molecule has 1 fully saturated rings. The first-order valence-electron chi connectivity index (χ1n) is 9.57. The first kappa shape index (κ1) is 19.7. The summed E-state index contributed by atoms with van der Waals surface area (Å²) >= 11 is 0. The molecule has 2 unspecified atom stereocenters. The average molecular weight is 382 g/mol. The highest BCUT2D eigenvalue weighted by Crippen LogP contribution is 2.40. The molecule has 28 heavy (non-hydrogen) atoms. The highest BCUT2D eigenvalue weighted by Gasteiger charge is 2.44. The van der Waals surface area contributed by atoms with E-state index < -0.39 is 5.92 Å². The number of unbranched alkanes of at least 4 members (excludes halogenated alkanes) is 1. The molecule has 0 aliphatic carbocycles. The third-order valence-electron chi connectivity index (χ3n) is 5.14. The summed E-state index contributed by atoms with van der Waals surface area (Å²) in [5.74, 6) is -0.0915. The summed E-state index contributed by atoms with van der Waals surface area (Å²) in [4.78, 5) is 27.5. The number of nitrogens with one attached hydrogen (secondary N) is 1. The van der Waals surface area contributed by atoms with E-state index in [0.717, 1.165) is 24.2 Å². The highest BCUT2D eigenvalue weighted by atomic mass is 16.5. The zero-order chi connectivity index (χ0) is 20.1. The third-order valence-corrected chi connectivity index (χ3v) is 5.14. The number of ether oxygens (including phenoxy) is 1. The fourth-order valence-electron chi connectivity index (χ4n) is 3.64. The zero-order valence-electron chi connectivity index (χ0n) is 16.2. The molecule has 2 aromatic carbocycles. The summed E-state index contributed by atoms with van der Waals surface area (Å²) in [7, 11) is 1.60. The van der Waals surface area contributed by atoms with Crippen LogP contribution in [-0.4, -0.2) is 35.5 Å². The van der Waals surface area contributed by atoms with Gasteiger partial charge in [0.15, 0.2) is 0 Å². The highest BCUT2D eigenvalue weighted by molar-refractivity contribution is 5.98. The predicted molar refractivity (Wildman–Crippen MR) is 107 cm³/mol. The molecule has 1 aliphatic rings. The Kier molecular flexibility index (Phi) is 6.19. The lowest BCUT2D eigenvalue weighted by molar-refractivity contribution is -0.129. The van der Waals surface area contributed by atoms with E-state index >= 15 is 0 Å². The number of hydrogen-bond acceptors (Lipinski definition) is 4. The lowest BCUT2D eigenvalue weighted by atomic mass is 9.92. The number of carbonyl (C=O) groups is 2. The first-order valence-corrected chi connectivity index (χ1v) is 9.57. The van der Waals surface area contributed by atoms with Crippen LogP contribution in [0.15, 0.2) is 48.5 Å². The number of amides is 2. The molecule has 2 amide bonds. The van der Waals surface area contributed by atoms with Crippen molar-refractivity contribution in [1.82, 2.24) is 4.90 Å². The standard InChI is InChI=1S/C22H26N2O4/c1-3-4-13-24-20(26)14-17(21(24)15-9-11-16(28-2)12-10-15)22(27)23-18-7-5-6-8-19(18)25/h5-12,17,21,25H,3-4,13-14H2,1-2H3,(H,23,27). The molecule has 6 nitrogen and oxygen atoms in total. The fourth-order valence-corrected chi connectivity index (χ4v) is 3.64. The van der Waals surface area contributed by atoms with Gasteiger partial charge >= 0.3 is 0 Å². The molecule has 148 valence electrons. The topological polar surface area (TPSA) is 78.9 Å². The molecule has 0 aromatic heterocycles. The van der Waals surface area contributed by atoms with E-state index in [2.05, 4.69) is 12.2 Å². The van der Waals surface area contributed by atoms with Crippen LogP contribution in [0.1, 0.15) is 37.8 Å². The van der Waals surface area contributed by atoms with Crippen molar-refractivity contribution in [1.29, 1.82) is 0 Å². The Morgan fingerprint density at radius 2 is 1.93 bits per heavy atom. The first-order chi connectivity index (χ1) is 13.5. The van der Waals surface area contributed by atoms with Crippen molar-refractivity contribution in [3.05, 3.63) is 54.1 Å². The van der Waals surface area contributed by atoms with Crippen molar-refractivity contribution in [2.75, 3.05) is 19.0 Å². The van der Waals surface area contributed by atoms with Crippen molar-refractivity contribution >= 4 is 17.5 Å². The largest absolute Gasteiger partial charge is 0.506 e. The summed E-state index contributed by atoms with van der Waals surface area (Å²) in [6.07, 6.45) is 2.00. The molecule has 2 aromatic rings. The number of para-hydroxylation sites is 2. The number of likely N-dealkylation sites (tertiary alicyclic amines) is 1. The van der Waals surface area contributed by atoms with Gasteiger partial charge in [0.05, 0.1) is 24.8 Å². The van der Waals surface area contributed by atoms with Crippen molar-refractivity contribution < 1.29 is 19.4 Å². The van der Waals surface area contributed by atoms with Crippen molar-refractivity contribution in [3.8, 4) is 11.5 Å². The number of phenolic OH excluding ortho intramolecular Hbond substituents is 1. The van der Waals surface area contributed by atoms with Gasteiger partial charge in [-0.3, -0.25) is 9.59 Å². The van der Waals surface area contributed by atoms with Crippen molar-refractivity contribution in [2.24, 2.45) is 5.92 Å². The molecule has 3 rings (SSSR count). The number of aromatic hydroxyl groups is 1. The van der Waals surface area contributed by atoms with Crippen LogP contribution in [0, 0.1) is 5.92 Å². The fraction of sp³-hybridized carbons (Fsp3) is 0.364. The van der Waals surface area contributed by atoms with Crippen LogP contribution in [0.2, 0.25) is 0 Å². The van der Waals surface area contributed by atoms with Crippen molar-refractivity contribution in [2.45, 2.75) is 32.2 Å². The Bertz CT molecular complexity index is 835. The molecule has 0 bridgehead atoms. The molecular formula is C22H26N2O4. The van der Waals surface area contributed by atoms with Gasteiger partial charge in [-0.1, -0.05) is 37.6 Å². The second-order valence-electron chi connectivity index (χ2n) is 6.98. The molecule has 6 heteroatoms. The zero-order valence-corrected chi connectivity index (χ0v) is 16.2. The molecule has 2 N–H and O–H groups in total. The van der Waals surface area contributed by atoms with Gasteiger partial charge < -0.3 is 20.1 Å². The van der Waals surface area contributed by atoms with E-state index in [4.69, 9.17) is 4.74 Å². The number of hydrogen-bond donors (Lipinski definition) is 2. The molecule has 0 saturated carbocycles. The van der Waals surface area contributed by atoms with Gasteiger partial charge in [-0.2, -0.15) is 0 Å². The van der Waals surface area contributed by atoms with E-state index in [-0.39, 0.29) is 30.0 Å². The van der Waals surface area contributed by atoms with Gasteiger partial charge in [-0.15, -0.1) is 0 Å². The average Bonchev–Trinajstić information content (AvgIpc) is 3.04. The van der Waals surface area contributed by atoms with Crippen LogP contribution in [0.4, 0.5) is 5.69 Å². The molecule has 0 radical (unpaired) electrons. The number of phenols is 1. The minimum absolute atomic E-state index is 0.00371. The van der Waals surface area contributed by atoms with E-state index in [9.17, 15) is 14.7 Å². The number of anilines is 1.